The van der Waals surface area contributed by atoms with E-state index in [1.165, 1.54) is 11.9 Å². The molecule has 5 nitrogen and oxygen atoms in total. The second kappa shape index (κ2) is 6.54. The number of nitrogens with two attached hydrogens (primary N) is 1. The third-order valence-corrected chi connectivity index (χ3v) is 3.56. The zero-order valence-electron chi connectivity index (χ0n) is 12.5. The molecule has 116 valence electrons. The van der Waals surface area contributed by atoms with Gasteiger partial charge in [0.2, 0.25) is 0 Å². The van der Waals surface area contributed by atoms with Gasteiger partial charge in [-0.3, -0.25) is 0 Å². The highest BCUT2D eigenvalue weighted by Gasteiger charge is 2.08. The molecule has 0 saturated carbocycles. The maximum absolute atomic E-state index is 6.16. The van der Waals surface area contributed by atoms with Gasteiger partial charge in [0, 0.05) is 16.4 Å². The molecule has 0 amide bonds. The van der Waals surface area contributed by atoms with Crippen LogP contribution >= 0.6 is 11.6 Å². The molecule has 0 spiro atoms. The van der Waals surface area contributed by atoms with Crippen LogP contribution in [0.25, 0.3) is 0 Å². The first kappa shape index (κ1) is 15.1. The largest absolute Gasteiger partial charge is 0.393 e. The van der Waals surface area contributed by atoms with Crippen molar-refractivity contribution in [3.63, 3.8) is 0 Å². The van der Waals surface area contributed by atoms with Gasteiger partial charge in [-0.15, -0.1) is 0 Å². The second-order valence-electron chi connectivity index (χ2n) is 5.11. The Bertz CT molecular complexity index is 734. The van der Waals surface area contributed by atoms with Crippen LogP contribution in [0.15, 0.2) is 54.9 Å². The Kier molecular flexibility index (Phi) is 4.30. The molecule has 0 bridgehead atoms. The van der Waals surface area contributed by atoms with E-state index in [0.29, 0.717) is 22.3 Å². The van der Waals surface area contributed by atoms with Crippen LogP contribution in [0.4, 0.5) is 28.7 Å². The lowest BCUT2D eigenvalue weighted by Crippen LogP contribution is -2.05. The van der Waals surface area contributed by atoms with Crippen LogP contribution < -0.4 is 16.4 Å². The maximum Gasteiger partial charge on any atom is 0.159 e. The summed E-state index contributed by atoms with van der Waals surface area (Å²) in [7, 11) is 0. The molecule has 4 N–H and O–H groups in total. The van der Waals surface area contributed by atoms with Gasteiger partial charge in [0.25, 0.3) is 0 Å². The molecule has 1 heterocycles. The fourth-order valence-corrected chi connectivity index (χ4v) is 2.16. The predicted octanol–water partition coefficient (Wildman–Crippen LogP) is 4.51. The first-order chi connectivity index (χ1) is 11.1. The van der Waals surface area contributed by atoms with Crippen LogP contribution in [0.5, 0.6) is 0 Å². The average molecular weight is 326 g/mol. The van der Waals surface area contributed by atoms with Crippen molar-refractivity contribution < 1.29 is 0 Å². The summed E-state index contributed by atoms with van der Waals surface area (Å²) in [5, 5.41) is 7.03. The summed E-state index contributed by atoms with van der Waals surface area (Å²) >= 11 is 5.88. The third-order valence-electron chi connectivity index (χ3n) is 3.31. The molecule has 6 heteroatoms. The molecule has 23 heavy (non-hydrogen) atoms. The van der Waals surface area contributed by atoms with E-state index in [1.807, 2.05) is 43.3 Å². The smallest absolute Gasteiger partial charge is 0.159 e. The number of anilines is 5. The van der Waals surface area contributed by atoms with Gasteiger partial charge in [-0.25, -0.2) is 9.97 Å². The summed E-state index contributed by atoms with van der Waals surface area (Å²) in [5.41, 5.74) is 9.56. The van der Waals surface area contributed by atoms with Gasteiger partial charge in [-0.2, -0.15) is 0 Å². The predicted molar refractivity (Wildman–Crippen MR) is 95.6 cm³/mol. The summed E-state index contributed by atoms with van der Waals surface area (Å²) in [6, 6.07) is 15.3. The minimum Gasteiger partial charge on any atom is -0.393 e. The number of halogens is 1. The third kappa shape index (κ3) is 3.70. The number of nitrogen functional groups attached to an aromatic ring is 1. The number of hydrogen-bond acceptors (Lipinski definition) is 5. The van der Waals surface area contributed by atoms with Crippen LogP contribution in [0, 0.1) is 6.92 Å². The fraction of sp³-hybridized carbons (Fsp3) is 0.0588. The van der Waals surface area contributed by atoms with Crippen molar-refractivity contribution >= 4 is 40.3 Å². The van der Waals surface area contributed by atoms with Crippen molar-refractivity contribution in [2.45, 2.75) is 6.92 Å². The van der Waals surface area contributed by atoms with Gasteiger partial charge in [-0.1, -0.05) is 29.3 Å². The van der Waals surface area contributed by atoms with Crippen LogP contribution in [0.1, 0.15) is 5.56 Å². The molecule has 1 aromatic heterocycles. The molecular formula is C17H16ClN5. The van der Waals surface area contributed by atoms with Gasteiger partial charge in [-0.05, 0) is 43.3 Å². The number of benzene rings is 2. The van der Waals surface area contributed by atoms with E-state index in [1.54, 1.807) is 12.1 Å². The van der Waals surface area contributed by atoms with E-state index in [0.717, 1.165) is 11.4 Å². The lowest BCUT2D eigenvalue weighted by atomic mass is 10.2. The van der Waals surface area contributed by atoms with E-state index in [9.17, 15) is 0 Å². The molecule has 3 rings (SSSR count). The van der Waals surface area contributed by atoms with Crippen molar-refractivity contribution in [2.24, 2.45) is 0 Å². The first-order valence-corrected chi connectivity index (χ1v) is 7.46. The molecular weight excluding hydrogens is 310 g/mol. The molecule has 0 atom stereocenters. The molecule has 0 aliphatic heterocycles. The Morgan fingerprint density at radius 1 is 0.826 bits per heavy atom. The Morgan fingerprint density at radius 3 is 1.83 bits per heavy atom. The van der Waals surface area contributed by atoms with Gasteiger partial charge in [0.05, 0.1) is 0 Å². The van der Waals surface area contributed by atoms with Crippen LogP contribution in [0.2, 0.25) is 5.02 Å². The molecule has 0 radical (unpaired) electrons. The maximum atomic E-state index is 6.16. The van der Waals surface area contributed by atoms with Crippen molar-refractivity contribution in [1.82, 2.24) is 9.97 Å². The van der Waals surface area contributed by atoms with E-state index < -0.39 is 0 Å². The molecule has 2 aromatic carbocycles. The minimum absolute atomic E-state index is 0.447. The summed E-state index contributed by atoms with van der Waals surface area (Å²) in [4.78, 5) is 8.40. The van der Waals surface area contributed by atoms with Crippen molar-refractivity contribution in [3.8, 4) is 0 Å². The quantitative estimate of drug-likeness (QED) is 0.658. The molecule has 0 aliphatic carbocycles. The Balaban J connectivity index is 1.83. The standard InChI is InChI=1S/C17H16ClN5/c1-11-2-6-13(7-3-11)22-16-15(19)17(21-10-20-16)23-14-8-4-12(18)5-9-14/h2-10H,19H2,1H3,(H2,20,21,22,23). The van der Waals surface area contributed by atoms with Gasteiger partial charge in [0.15, 0.2) is 11.6 Å². The zero-order valence-corrected chi connectivity index (χ0v) is 13.3. The van der Waals surface area contributed by atoms with E-state index in [2.05, 4.69) is 20.6 Å². The topological polar surface area (TPSA) is 75.9 Å². The van der Waals surface area contributed by atoms with Gasteiger partial charge in [0.1, 0.15) is 12.0 Å². The normalized spacial score (nSPS) is 10.3. The highest BCUT2D eigenvalue weighted by molar-refractivity contribution is 6.30. The molecule has 0 saturated heterocycles. The number of hydrogen-bond donors (Lipinski definition) is 3. The van der Waals surface area contributed by atoms with Crippen LogP contribution in [-0.4, -0.2) is 9.97 Å². The number of rotatable bonds is 4. The highest BCUT2D eigenvalue weighted by Crippen LogP contribution is 2.28. The van der Waals surface area contributed by atoms with Gasteiger partial charge >= 0.3 is 0 Å². The van der Waals surface area contributed by atoms with Crippen LogP contribution in [0.3, 0.4) is 0 Å². The van der Waals surface area contributed by atoms with E-state index in [-0.39, 0.29) is 0 Å². The highest BCUT2D eigenvalue weighted by atomic mass is 35.5. The number of nitrogens with one attached hydrogen (secondary N) is 2. The lowest BCUT2D eigenvalue weighted by molar-refractivity contribution is 1.17. The van der Waals surface area contributed by atoms with E-state index in [4.69, 9.17) is 17.3 Å². The number of aryl methyl sites for hydroxylation is 1. The summed E-state index contributed by atoms with van der Waals surface area (Å²) < 4.78 is 0. The number of aromatic nitrogens is 2. The molecule has 0 unspecified atom stereocenters. The zero-order chi connectivity index (χ0) is 16.2. The second-order valence-corrected chi connectivity index (χ2v) is 5.54. The summed E-state index contributed by atoms with van der Waals surface area (Å²) in [5.74, 6) is 1.09. The number of nitrogens with zero attached hydrogens (tertiary/aromatic N) is 2. The first-order valence-electron chi connectivity index (χ1n) is 7.08. The molecule has 0 fully saturated rings. The van der Waals surface area contributed by atoms with Crippen molar-refractivity contribution in [2.75, 3.05) is 16.4 Å². The Labute approximate surface area is 139 Å². The van der Waals surface area contributed by atoms with Gasteiger partial charge < -0.3 is 16.4 Å². The lowest BCUT2D eigenvalue weighted by Gasteiger charge is -2.12. The molecule has 3 aromatic rings. The Hall–Kier alpha value is -2.79. The van der Waals surface area contributed by atoms with E-state index >= 15 is 0 Å². The monoisotopic (exact) mass is 325 g/mol. The van der Waals surface area contributed by atoms with Crippen LogP contribution in [-0.2, 0) is 0 Å². The average Bonchev–Trinajstić information content (AvgIpc) is 2.55. The molecule has 0 aliphatic rings. The van der Waals surface area contributed by atoms with Crippen molar-refractivity contribution in [3.05, 3.63) is 65.4 Å². The SMILES string of the molecule is Cc1ccc(Nc2ncnc(Nc3ccc(Cl)cc3)c2N)cc1. The van der Waals surface area contributed by atoms with Crippen molar-refractivity contribution in [1.29, 1.82) is 0 Å². The summed E-state index contributed by atoms with van der Waals surface area (Å²) in [6.45, 7) is 2.04. The fourth-order valence-electron chi connectivity index (χ4n) is 2.04. The minimum atomic E-state index is 0.447. The summed E-state index contributed by atoms with van der Waals surface area (Å²) in [6.07, 6.45) is 1.46. The Morgan fingerprint density at radius 2 is 1.30 bits per heavy atom.